The van der Waals surface area contributed by atoms with Crippen LogP contribution in [0.1, 0.15) is 28.8 Å². The summed E-state index contributed by atoms with van der Waals surface area (Å²) in [5.41, 5.74) is 2.44. The molecule has 0 saturated carbocycles. The molecule has 9 heteroatoms. The normalized spacial score (nSPS) is 22.1. The molecule has 2 amide bonds. The predicted molar refractivity (Wildman–Crippen MR) is 127 cm³/mol. The maximum absolute atomic E-state index is 13.7. The number of aromatic amines is 1. The van der Waals surface area contributed by atoms with Gasteiger partial charge in [0.2, 0.25) is 11.8 Å². The number of thiazole rings is 1. The average Bonchev–Trinajstić information content (AvgIpc) is 3.25. The maximum atomic E-state index is 13.7. The van der Waals surface area contributed by atoms with Gasteiger partial charge in [0.1, 0.15) is 5.25 Å². The van der Waals surface area contributed by atoms with Gasteiger partial charge < -0.3 is 14.8 Å². The predicted octanol–water partition coefficient (Wildman–Crippen LogP) is 5.01. The number of hydrogen-bond donors (Lipinski definition) is 2. The number of benzene rings is 2. The van der Waals surface area contributed by atoms with E-state index in [4.69, 9.17) is 17.0 Å². The zero-order valence-corrected chi connectivity index (χ0v) is 19.8. The summed E-state index contributed by atoms with van der Waals surface area (Å²) in [6.07, 6.45) is 0. The Morgan fingerprint density at radius 3 is 2.62 bits per heavy atom. The number of nitrogens with zero attached hydrogens (tertiary/aromatic N) is 1. The minimum absolute atomic E-state index is 0.0364. The summed E-state index contributed by atoms with van der Waals surface area (Å²) in [5, 5.41) is 10.4. The number of amides is 2. The number of imide groups is 1. The highest BCUT2D eigenvalue weighted by molar-refractivity contribution is 8.01. The smallest absolute Gasteiger partial charge is 0.248 e. The van der Waals surface area contributed by atoms with E-state index < -0.39 is 11.2 Å². The second kappa shape index (κ2) is 8.06. The lowest BCUT2D eigenvalue weighted by Crippen LogP contribution is -2.32. The molecule has 6 nitrogen and oxygen atoms in total. The fourth-order valence-electron chi connectivity index (χ4n) is 4.32. The lowest BCUT2D eigenvalue weighted by atomic mass is 9.83. The molecular weight excluding hydrogens is 464 g/mol. The van der Waals surface area contributed by atoms with Gasteiger partial charge in [-0.1, -0.05) is 35.5 Å². The number of aromatic nitrogens is 1. The Morgan fingerprint density at radius 2 is 1.91 bits per heavy atom. The van der Waals surface area contributed by atoms with Gasteiger partial charge in [0, 0.05) is 10.8 Å². The monoisotopic (exact) mass is 484 g/mol. The molecule has 0 radical (unpaired) electrons. The summed E-state index contributed by atoms with van der Waals surface area (Å²) in [5.74, 6) is -1.01. The van der Waals surface area contributed by atoms with Gasteiger partial charge in [-0.25, -0.2) is 4.90 Å². The van der Waals surface area contributed by atoms with Crippen LogP contribution in [0.25, 0.3) is 0 Å². The first kappa shape index (κ1) is 21.2. The van der Waals surface area contributed by atoms with Crippen LogP contribution in [0.15, 0.2) is 47.5 Å². The summed E-state index contributed by atoms with van der Waals surface area (Å²) in [4.78, 5) is 32.6. The number of anilines is 1. The average molecular weight is 485 g/mol. The SMILES string of the molecule is CCOc1cc(C2c3sc(=S)[nH]c3SC3C(=O)N(c4ccc(C)cc4)C(=O)C32)ccc1O. The summed E-state index contributed by atoms with van der Waals surface area (Å²) in [6, 6.07) is 12.5. The van der Waals surface area contributed by atoms with Gasteiger partial charge in [0.05, 0.1) is 23.2 Å². The van der Waals surface area contributed by atoms with Crippen LogP contribution in [0.5, 0.6) is 11.5 Å². The van der Waals surface area contributed by atoms with Gasteiger partial charge in [0.15, 0.2) is 15.5 Å². The van der Waals surface area contributed by atoms with E-state index in [1.165, 1.54) is 28.0 Å². The molecule has 1 aromatic heterocycles. The Labute approximate surface area is 198 Å². The van der Waals surface area contributed by atoms with E-state index in [0.29, 0.717) is 22.0 Å². The first-order valence-electron chi connectivity index (χ1n) is 10.2. The largest absolute Gasteiger partial charge is 0.504 e. The Kier molecular flexibility index (Phi) is 5.35. The third kappa shape index (κ3) is 3.35. The van der Waals surface area contributed by atoms with E-state index in [-0.39, 0.29) is 23.5 Å². The van der Waals surface area contributed by atoms with Crippen molar-refractivity contribution in [3.8, 4) is 11.5 Å². The van der Waals surface area contributed by atoms with Crippen LogP contribution in [0.4, 0.5) is 5.69 Å². The van der Waals surface area contributed by atoms with Crippen molar-refractivity contribution in [1.82, 2.24) is 4.98 Å². The molecule has 1 fully saturated rings. The fraction of sp³-hybridized carbons (Fsp3) is 0.261. The second-order valence-corrected chi connectivity index (χ2v) is 10.6. The molecule has 164 valence electrons. The first-order chi connectivity index (χ1) is 15.4. The number of phenolic OH excluding ortho intramolecular Hbond substituents is 1. The molecule has 2 aromatic carbocycles. The number of hydrogen-bond acceptors (Lipinski definition) is 7. The quantitative estimate of drug-likeness (QED) is 0.400. The van der Waals surface area contributed by atoms with E-state index in [9.17, 15) is 14.7 Å². The topological polar surface area (TPSA) is 82.6 Å². The van der Waals surface area contributed by atoms with Gasteiger partial charge >= 0.3 is 0 Å². The molecule has 3 heterocycles. The van der Waals surface area contributed by atoms with Crippen LogP contribution in [0.3, 0.4) is 0 Å². The number of nitrogens with one attached hydrogen (secondary N) is 1. The summed E-state index contributed by atoms with van der Waals surface area (Å²) >= 11 is 8.17. The molecule has 0 aliphatic carbocycles. The van der Waals surface area contributed by atoms with E-state index in [1.54, 1.807) is 30.3 Å². The number of aryl methyl sites for hydroxylation is 1. The zero-order valence-electron chi connectivity index (χ0n) is 17.3. The Balaban J connectivity index is 1.64. The standard InChI is InChI=1S/C23H20N2O4S3/c1-3-29-15-10-12(6-9-14(15)26)16-17-19(31-20-18(16)32-23(30)24-20)22(28)25(21(17)27)13-7-4-11(2)5-8-13/h4-10,16-17,19,26H,3H2,1-2H3,(H,24,30). The fourth-order valence-corrected chi connectivity index (χ4v) is 7.28. The number of H-pyrrole nitrogens is 1. The lowest BCUT2D eigenvalue weighted by Gasteiger charge is -2.30. The minimum atomic E-state index is -0.582. The first-order valence-corrected chi connectivity index (χ1v) is 12.3. The maximum Gasteiger partial charge on any atom is 0.248 e. The highest BCUT2D eigenvalue weighted by Crippen LogP contribution is 2.54. The van der Waals surface area contributed by atoms with Gasteiger partial charge in [0.25, 0.3) is 0 Å². The molecule has 3 unspecified atom stereocenters. The number of carbonyl (C=O) groups is 2. The number of phenols is 1. The zero-order chi connectivity index (χ0) is 22.6. The second-order valence-electron chi connectivity index (χ2n) is 7.76. The Morgan fingerprint density at radius 1 is 1.16 bits per heavy atom. The Hall–Kier alpha value is -2.62. The molecule has 2 N–H and O–H groups in total. The molecular formula is C23H20N2O4S3. The van der Waals surface area contributed by atoms with E-state index in [2.05, 4.69) is 4.98 Å². The van der Waals surface area contributed by atoms with Crippen molar-refractivity contribution in [2.24, 2.45) is 5.92 Å². The van der Waals surface area contributed by atoms with Gasteiger partial charge in [-0.2, -0.15) is 0 Å². The van der Waals surface area contributed by atoms with Gasteiger partial charge in [-0.15, -0.1) is 11.3 Å². The van der Waals surface area contributed by atoms with Gasteiger partial charge in [-0.3, -0.25) is 9.59 Å². The number of carbonyl (C=O) groups excluding carboxylic acids is 2. The summed E-state index contributed by atoms with van der Waals surface area (Å²) < 4.78 is 6.18. The molecule has 1 saturated heterocycles. The minimum Gasteiger partial charge on any atom is -0.504 e. The molecule has 2 aliphatic heterocycles. The van der Waals surface area contributed by atoms with Crippen molar-refractivity contribution in [3.05, 3.63) is 62.4 Å². The van der Waals surface area contributed by atoms with E-state index in [1.807, 2.05) is 26.0 Å². The number of aromatic hydroxyl groups is 1. The van der Waals surface area contributed by atoms with Gasteiger partial charge in [-0.05, 0) is 55.9 Å². The van der Waals surface area contributed by atoms with Crippen LogP contribution >= 0.6 is 35.3 Å². The number of fused-ring (bicyclic) bond motifs is 2. The van der Waals surface area contributed by atoms with Crippen molar-refractivity contribution in [2.75, 3.05) is 11.5 Å². The molecule has 3 aromatic rings. The Bertz CT molecular complexity index is 1280. The summed E-state index contributed by atoms with van der Waals surface area (Å²) in [7, 11) is 0. The van der Waals surface area contributed by atoms with Crippen LogP contribution in [-0.4, -0.2) is 33.8 Å². The van der Waals surface area contributed by atoms with E-state index >= 15 is 0 Å². The lowest BCUT2D eigenvalue weighted by molar-refractivity contribution is -0.122. The number of rotatable bonds is 4. The highest BCUT2D eigenvalue weighted by Gasteiger charge is 2.56. The van der Waals surface area contributed by atoms with Crippen molar-refractivity contribution >= 4 is 52.8 Å². The molecule has 0 spiro atoms. The number of thioether (sulfide) groups is 1. The van der Waals surface area contributed by atoms with Crippen LogP contribution in [0.2, 0.25) is 0 Å². The molecule has 0 bridgehead atoms. The van der Waals surface area contributed by atoms with E-state index in [0.717, 1.165) is 21.0 Å². The molecule has 5 rings (SSSR count). The summed E-state index contributed by atoms with van der Waals surface area (Å²) in [6.45, 7) is 4.20. The highest BCUT2D eigenvalue weighted by atomic mass is 32.2. The van der Waals surface area contributed by atoms with Crippen molar-refractivity contribution in [1.29, 1.82) is 0 Å². The molecule has 2 aliphatic rings. The van der Waals surface area contributed by atoms with Crippen molar-refractivity contribution in [2.45, 2.75) is 30.0 Å². The van der Waals surface area contributed by atoms with Crippen molar-refractivity contribution < 1.29 is 19.4 Å². The third-order valence-electron chi connectivity index (χ3n) is 5.76. The number of ether oxygens (including phenoxy) is 1. The van der Waals surface area contributed by atoms with Crippen molar-refractivity contribution in [3.63, 3.8) is 0 Å². The molecule has 3 atom stereocenters. The van der Waals surface area contributed by atoms with Crippen LogP contribution < -0.4 is 9.64 Å². The van der Waals surface area contributed by atoms with Crippen LogP contribution in [-0.2, 0) is 9.59 Å². The van der Waals surface area contributed by atoms with Crippen LogP contribution in [0, 0.1) is 16.8 Å². The third-order valence-corrected chi connectivity index (χ3v) is 8.51. The molecule has 32 heavy (non-hydrogen) atoms.